The number of fused-ring (bicyclic) bond motifs is 4. The lowest BCUT2D eigenvalue weighted by atomic mass is 10.1. The average Bonchev–Trinajstić information content (AvgIpc) is 1.59. The quantitative estimate of drug-likeness (QED) is 0.0237. The van der Waals surface area contributed by atoms with E-state index in [4.69, 9.17) is 107 Å². The minimum Gasteiger partial charge on any atom is -0.394 e. The minimum absolute atomic E-state index is 0. The van der Waals surface area contributed by atoms with Crippen molar-refractivity contribution in [1.29, 1.82) is 0 Å². The molecule has 4 saturated heterocycles. The van der Waals surface area contributed by atoms with Crippen molar-refractivity contribution >= 4 is 105 Å². The number of hydrogen-bond donors (Lipinski definition) is 4. The van der Waals surface area contributed by atoms with Crippen molar-refractivity contribution in [2.45, 2.75) is 429 Å². The van der Waals surface area contributed by atoms with E-state index in [-0.39, 0.29) is 92.2 Å². The number of aliphatic hydroxyl groups excluding tert-OH is 2. The van der Waals surface area contributed by atoms with Gasteiger partial charge in [0.25, 0.3) is 0 Å². The molecule has 136 heavy (non-hydrogen) atoms. The van der Waals surface area contributed by atoms with Gasteiger partial charge in [0.05, 0.1) is 124 Å². The van der Waals surface area contributed by atoms with E-state index in [0.29, 0.717) is 90.3 Å². The van der Waals surface area contributed by atoms with Crippen molar-refractivity contribution in [3.63, 3.8) is 0 Å². The summed E-state index contributed by atoms with van der Waals surface area (Å²) in [7, 11) is -12.3. The molecule has 6 aliphatic rings. The van der Waals surface area contributed by atoms with E-state index in [1.165, 1.54) is 20.0 Å². The van der Waals surface area contributed by atoms with Gasteiger partial charge in [-0.1, -0.05) is 25.7 Å². The van der Waals surface area contributed by atoms with Crippen LogP contribution in [0.5, 0.6) is 0 Å². The Morgan fingerprint density at radius 2 is 0.794 bits per heavy atom. The number of aromatic nitrogens is 8. The van der Waals surface area contributed by atoms with E-state index in [1.807, 2.05) is 96.9 Å². The van der Waals surface area contributed by atoms with Crippen molar-refractivity contribution in [1.82, 2.24) is 53.2 Å². The molecule has 8 heterocycles. The Bertz CT molecular complexity index is 4350. The van der Waals surface area contributed by atoms with Crippen LogP contribution in [-0.2, 0) is 102 Å². The first-order valence-corrected chi connectivity index (χ1v) is 58.0. The maximum atomic E-state index is 14.3. The van der Waals surface area contributed by atoms with Crippen LogP contribution in [-0.4, -0.2) is 285 Å². The third-order valence-corrected chi connectivity index (χ3v) is 39.1. The van der Waals surface area contributed by atoms with E-state index >= 15 is 0 Å². The zero-order valence-corrected chi connectivity index (χ0v) is 96.2. The van der Waals surface area contributed by atoms with Gasteiger partial charge in [-0.3, -0.25) is 32.3 Å². The largest absolute Gasteiger partial charge is 0.394 e. The Morgan fingerprint density at radius 3 is 1.12 bits per heavy atom. The fourth-order valence-electron chi connectivity index (χ4n) is 16.9. The minimum atomic E-state index is -4.14. The summed E-state index contributed by atoms with van der Waals surface area (Å²) < 4.78 is 172. The molecule has 37 nitrogen and oxygen atoms in total. The smallest absolute Gasteiger partial charge is 0.343 e. The molecular formula is C90H172Cl3N13O24P6. The molecule has 0 amide bonds. The highest BCUT2D eigenvalue weighted by atomic mass is 35.5. The average molecular weight is 2110 g/mol. The topological polar surface area (TPSA) is 395 Å². The summed E-state index contributed by atoms with van der Waals surface area (Å²) in [5, 5.41) is 33.5. The van der Waals surface area contributed by atoms with Gasteiger partial charge in [-0.2, -0.15) is 9.97 Å². The van der Waals surface area contributed by atoms with Crippen LogP contribution in [0.3, 0.4) is 0 Å². The second-order valence-electron chi connectivity index (χ2n) is 43.2. The lowest BCUT2D eigenvalue weighted by Crippen LogP contribution is -2.43. The highest BCUT2D eigenvalue weighted by Crippen LogP contribution is 2.69. The van der Waals surface area contributed by atoms with Crippen molar-refractivity contribution in [2.24, 2.45) is 0 Å². The zero-order valence-electron chi connectivity index (χ0n) is 88.5. The molecule has 4 aromatic heterocycles. The van der Waals surface area contributed by atoms with Gasteiger partial charge in [0.15, 0.2) is 40.4 Å². The van der Waals surface area contributed by atoms with Crippen LogP contribution >= 0.6 is 82.5 Å². The molecule has 4 aromatic rings. The summed E-state index contributed by atoms with van der Waals surface area (Å²) in [6, 6.07) is 2.50. The normalized spacial score (nSPS) is 22.2. The van der Waals surface area contributed by atoms with E-state index in [2.05, 4.69) is 143 Å². The van der Waals surface area contributed by atoms with Crippen LogP contribution in [0, 0.1) is 0 Å². The van der Waals surface area contributed by atoms with Gasteiger partial charge in [-0.25, -0.2) is 19.0 Å². The summed E-state index contributed by atoms with van der Waals surface area (Å²) >= 11 is 12.6. The van der Waals surface area contributed by atoms with Gasteiger partial charge >= 0.3 is 30.4 Å². The van der Waals surface area contributed by atoms with Crippen molar-refractivity contribution in [3.05, 3.63) is 34.3 Å². The molecule has 46 heteroatoms. The molecule has 10 atom stereocenters. The van der Waals surface area contributed by atoms with Crippen LogP contribution in [0.2, 0.25) is 10.6 Å². The van der Waals surface area contributed by atoms with Gasteiger partial charge < -0.3 is 104 Å². The predicted octanol–water partition coefficient (Wildman–Crippen LogP) is 22.1. The Labute approximate surface area is 831 Å². The second-order valence-corrected chi connectivity index (χ2v) is 56.9. The molecule has 4 N–H and O–H groups in total. The molecule has 0 radical (unpaired) electrons. The van der Waals surface area contributed by atoms with Crippen LogP contribution < -0.4 is 10.6 Å². The van der Waals surface area contributed by atoms with Crippen molar-refractivity contribution in [3.8, 4) is 0 Å². The van der Waals surface area contributed by atoms with Crippen molar-refractivity contribution < 1.29 is 112 Å². The first-order valence-electron chi connectivity index (χ1n) is 47.5. The first-order chi connectivity index (χ1) is 62.0. The maximum absolute atomic E-state index is 14.3. The Hall–Kier alpha value is -1.57. The summed E-state index contributed by atoms with van der Waals surface area (Å²) in [4.78, 5) is 17.9. The summed E-state index contributed by atoms with van der Waals surface area (Å²) in [5.41, 5.74) is -1.61. The summed E-state index contributed by atoms with van der Waals surface area (Å²) in [6.45, 7) is 68.1. The highest BCUT2D eigenvalue weighted by molar-refractivity contribution is 7.72. The molecular weight excluding hydrogens is 1940 g/mol. The summed E-state index contributed by atoms with van der Waals surface area (Å²) in [6.07, 6.45) is 7.98. The fourth-order valence-corrected chi connectivity index (χ4v) is 35.2. The zero-order chi connectivity index (χ0) is 102. The van der Waals surface area contributed by atoms with Crippen LogP contribution in [0.15, 0.2) is 12.4 Å². The molecule has 0 bridgehead atoms. The SMILES string of the molecule is CC(C)N(C(C)C)P(CP(=O)(OC(C)(C)C)OC(C)(C)C)N(C(C)C)C(C)C.CC1(C)O[C@@H]2[C@H](O1)[C@@H](CO)O[C@H]2c1cnc2c(NC3CCCC3)nc(Cl)nn12.COCCO.COCCOP(=O)(CP(=O)(OC(C)(C)C)OC(C)(C)C)OC[C@H]1O[C@@H](c2cnc3c(NC4CCCC4)nc(Cl)nn23)[C@@H]2OC(C)(C)O[C@@H]21.COCCOP(CP(=O)(OC(C)(C)C)OC(C)(C)C)N(C(C)C)C(C)C.Cl. The van der Waals surface area contributed by atoms with Gasteiger partial charge in [0.2, 0.25) is 10.6 Å². The van der Waals surface area contributed by atoms with Gasteiger partial charge in [0.1, 0.15) is 63.0 Å². The predicted molar refractivity (Wildman–Crippen MR) is 541 cm³/mol. The maximum Gasteiger partial charge on any atom is 0.343 e. The van der Waals surface area contributed by atoms with Gasteiger partial charge in [-0.05, 0) is 284 Å². The number of rotatable bonds is 41. The lowest BCUT2D eigenvalue weighted by Gasteiger charge is -2.48. The standard InChI is InChI=1S/C30H50ClN5O10P2.C21H48N2O3P2.C18H24ClN5O4.C18H41NO5P2.C3H8O2.ClH/c1-28(2,3)45-48(38,46-29(4,5)6)18-47(37,40-15-14-39-9)41-17-21-23-24(44-30(7,8)43-23)22(42-21)20-16-32-26-25(33-19-12-10-11-13-19)34-27(31)35-36(20)26;1-16(2)22(17(3)4)27(23(18(5)6)19(7)8)15-28(24,25-20(9,10)11)26-21(12,13)14;1-18(2)27-13-11(8-25)26-12(14(13)28-18)10-7-20-16-15(21-9-5-3-4-6-9)22-17(19)23-24(10)16;1-15(2)19(16(3)4)25(22-13-12-21-11)14-26(20,23-17(5,6)7)24-18(8,9)10;1-5-3-2-4;/h16,19,21-24H,10-15,17-18H2,1-9H3,(H,33,34,35);16-19H,15H2,1-14H3;7,9,11-14,25H,3-6,8H2,1-2H3,(H,21,22,23);15-16H,12-14H2,1-11H3;4H,2-3H2,1H3;1H/t21-,22+,23-,24+,47?;;11-,12+,13-,14+;;;/m1.1.../s1. The van der Waals surface area contributed by atoms with Gasteiger partial charge in [-0.15, -0.1) is 22.6 Å². The summed E-state index contributed by atoms with van der Waals surface area (Å²) in [5.74, 6) is -0.512. The number of halogens is 3. The number of imidazole rings is 2. The molecule has 2 unspecified atom stereocenters. The number of anilines is 2. The number of methoxy groups -OCH3 is 3. The first kappa shape index (κ1) is 125. The molecule has 2 aliphatic carbocycles. The second kappa shape index (κ2) is 52.8. The van der Waals surface area contributed by atoms with E-state index in [1.54, 1.807) is 91.0 Å². The monoisotopic (exact) mass is 2110 g/mol. The number of nitrogens with one attached hydrogen (secondary N) is 2. The van der Waals surface area contributed by atoms with Crippen LogP contribution in [0.25, 0.3) is 11.3 Å². The third-order valence-electron chi connectivity index (χ3n) is 20.4. The van der Waals surface area contributed by atoms with E-state index < -0.39 is 135 Å². The fraction of sp³-hybridized carbons (Fsp3) is 0.889. The molecule has 4 aliphatic heterocycles. The van der Waals surface area contributed by atoms with E-state index in [0.717, 1.165) is 38.5 Å². The number of aliphatic hydroxyl groups is 2. The molecule has 0 aromatic carbocycles. The highest BCUT2D eigenvalue weighted by Gasteiger charge is 2.59. The van der Waals surface area contributed by atoms with Gasteiger partial charge in [0, 0.05) is 69.7 Å². The molecule has 0 spiro atoms. The number of nitrogens with zero attached hydrogens (tertiary/aromatic N) is 11. The van der Waals surface area contributed by atoms with Crippen molar-refractivity contribution in [2.75, 3.05) is 103 Å². The Morgan fingerprint density at radius 1 is 0.463 bits per heavy atom. The number of ether oxygens (including phenoxy) is 9. The molecule has 2 saturated carbocycles. The number of hydrogen-bond acceptors (Lipinski definition) is 35. The van der Waals surface area contributed by atoms with E-state index in [9.17, 15) is 23.4 Å². The molecule has 10 rings (SSSR count). The Kier molecular flexibility index (Phi) is 48.5. The molecule has 6 fully saturated rings. The molecule has 792 valence electrons. The van der Waals surface area contributed by atoms with Crippen LogP contribution in [0.4, 0.5) is 11.6 Å². The van der Waals surface area contributed by atoms with Crippen LogP contribution in [0.1, 0.15) is 310 Å². The lowest BCUT2D eigenvalue weighted by molar-refractivity contribution is -0.191. The Balaban J connectivity index is 0.000000326. The third kappa shape index (κ3) is 39.9.